The zero-order valence-electron chi connectivity index (χ0n) is 16.0. The summed E-state index contributed by atoms with van der Waals surface area (Å²) >= 11 is 1.24. The molecule has 0 unspecified atom stereocenters. The van der Waals surface area contributed by atoms with Crippen molar-refractivity contribution < 1.29 is 14.0 Å². The van der Waals surface area contributed by atoms with Crippen molar-refractivity contribution in [2.24, 2.45) is 0 Å². The van der Waals surface area contributed by atoms with E-state index in [1.807, 2.05) is 4.90 Å². The fourth-order valence-electron chi connectivity index (χ4n) is 3.19. The lowest BCUT2D eigenvalue weighted by Gasteiger charge is -2.36. The van der Waals surface area contributed by atoms with Crippen molar-refractivity contribution in [3.63, 3.8) is 0 Å². The molecule has 154 valence electrons. The van der Waals surface area contributed by atoms with Gasteiger partial charge in [0.1, 0.15) is 5.82 Å². The van der Waals surface area contributed by atoms with Gasteiger partial charge in [-0.3, -0.25) is 14.9 Å². The number of nitrogens with zero attached hydrogens (tertiary/aromatic N) is 5. The van der Waals surface area contributed by atoms with Gasteiger partial charge in [0.2, 0.25) is 11.7 Å². The Balaban J connectivity index is 1.30. The van der Waals surface area contributed by atoms with E-state index in [0.717, 1.165) is 0 Å². The van der Waals surface area contributed by atoms with E-state index in [2.05, 4.69) is 20.3 Å². The largest absolute Gasteiger partial charge is 0.366 e. The standard InChI is InChI=1S/C20H19FN6O2S/c21-15-4-1-2-5-16(15)26-8-10-27(11-9-26)17(28)12-14-13-30-20(24-14)25-19(29)18-22-6-3-7-23-18/h1-7,13H,8-12H2,(H,24,25,29). The molecule has 0 spiro atoms. The second-order valence-corrected chi connectivity index (χ2v) is 7.52. The van der Waals surface area contributed by atoms with Gasteiger partial charge in [-0.05, 0) is 18.2 Å². The number of carbonyl (C=O) groups excluding carboxylic acids is 2. The van der Waals surface area contributed by atoms with Crippen LogP contribution in [0.2, 0.25) is 0 Å². The summed E-state index contributed by atoms with van der Waals surface area (Å²) in [6.07, 6.45) is 3.12. The van der Waals surface area contributed by atoms with Crippen molar-refractivity contribution in [3.8, 4) is 0 Å². The highest BCUT2D eigenvalue weighted by Gasteiger charge is 2.23. The summed E-state index contributed by atoms with van der Waals surface area (Å²) in [5.41, 5.74) is 1.15. The lowest BCUT2D eigenvalue weighted by atomic mass is 10.2. The minimum atomic E-state index is -0.452. The molecule has 1 N–H and O–H groups in total. The fraction of sp³-hybridized carbons (Fsp3) is 0.250. The Hall–Kier alpha value is -3.40. The molecule has 0 saturated carbocycles. The minimum absolute atomic E-state index is 0.0437. The van der Waals surface area contributed by atoms with E-state index in [1.54, 1.807) is 34.5 Å². The Morgan fingerprint density at radius 2 is 1.80 bits per heavy atom. The van der Waals surface area contributed by atoms with Crippen molar-refractivity contribution in [2.45, 2.75) is 6.42 Å². The number of amides is 2. The molecule has 1 saturated heterocycles. The van der Waals surface area contributed by atoms with Crippen molar-refractivity contribution >= 4 is 34.0 Å². The van der Waals surface area contributed by atoms with Gasteiger partial charge in [0.15, 0.2) is 5.13 Å². The van der Waals surface area contributed by atoms with E-state index < -0.39 is 5.91 Å². The maximum Gasteiger partial charge on any atom is 0.295 e. The molecule has 3 heterocycles. The number of thiazole rings is 1. The van der Waals surface area contributed by atoms with E-state index in [1.165, 1.54) is 29.8 Å². The van der Waals surface area contributed by atoms with Crippen LogP contribution in [0, 0.1) is 5.82 Å². The first-order valence-corrected chi connectivity index (χ1v) is 10.3. The molecule has 1 fully saturated rings. The highest BCUT2D eigenvalue weighted by Crippen LogP contribution is 2.21. The molecule has 1 aliphatic rings. The van der Waals surface area contributed by atoms with Gasteiger partial charge in [-0.2, -0.15) is 0 Å². The highest BCUT2D eigenvalue weighted by atomic mass is 32.1. The molecule has 8 nitrogen and oxygen atoms in total. The van der Waals surface area contributed by atoms with Gasteiger partial charge in [-0.25, -0.2) is 19.3 Å². The zero-order valence-corrected chi connectivity index (χ0v) is 16.8. The molecular weight excluding hydrogens is 407 g/mol. The van der Waals surface area contributed by atoms with Gasteiger partial charge in [-0.1, -0.05) is 12.1 Å². The van der Waals surface area contributed by atoms with Gasteiger partial charge in [0.05, 0.1) is 17.8 Å². The van der Waals surface area contributed by atoms with Crippen molar-refractivity contribution in [1.29, 1.82) is 0 Å². The number of hydrogen-bond donors (Lipinski definition) is 1. The van der Waals surface area contributed by atoms with Crippen LogP contribution >= 0.6 is 11.3 Å². The topological polar surface area (TPSA) is 91.3 Å². The van der Waals surface area contributed by atoms with Gasteiger partial charge < -0.3 is 9.80 Å². The van der Waals surface area contributed by atoms with Crippen LogP contribution in [0.1, 0.15) is 16.3 Å². The summed E-state index contributed by atoms with van der Waals surface area (Å²) in [5.74, 6) is -0.696. The highest BCUT2D eigenvalue weighted by molar-refractivity contribution is 7.14. The summed E-state index contributed by atoms with van der Waals surface area (Å²) in [6.45, 7) is 2.18. The summed E-state index contributed by atoms with van der Waals surface area (Å²) < 4.78 is 14.0. The average Bonchev–Trinajstić information content (AvgIpc) is 3.21. The molecular formula is C20H19FN6O2S. The fourth-order valence-corrected chi connectivity index (χ4v) is 3.89. The molecule has 10 heteroatoms. The summed E-state index contributed by atoms with van der Waals surface area (Å²) in [7, 11) is 0. The van der Waals surface area contributed by atoms with Crippen LogP contribution in [0.5, 0.6) is 0 Å². The average molecular weight is 426 g/mol. The number of nitrogens with one attached hydrogen (secondary N) is 1. The first kappa shape index (κ1) is 19.9. The van der Waals surface area contributed by atoms with Crippen LogP contribution in [0.3, 0.4) is 0 Å². The number of aromatic nitrogens is 3. The molecule has 1 aliphatic heterocycles. The molecule has 30 heavy (non-hydrogen) atoms. The molecule has 2 amide bonds. The molecule has 0 bridgehead atoms. The number of hydrogen-bond acceptors (Lipinski definition) is 7. The second kappa shape index (κ2) is 8.95. The Morgan fingerprint density at radius 3 is 2.53 bits per heavy atom. The number of benzene rings is 1. The second-order valence-electron chi connectivity index (χ2n) is 6.67. The predicted molar refractivity (Wildman–Crippen MR) is 111 cm³/mol. The molecule has 1 aromatic carbocycles. The Labute approximate surface area is 176 Å². The van der Waals surface area contributed by atoms with Gasteiger partial charge in [0.25, 0.3) is 5.91 Å². The smallest absolute Gasteiger partial charge is 0.295 e. The Kier molecular flexibility index (Phi) is 5.94. The number of rotatable bonds is 5. The van der Waals surface area contributed by atoms with Crippen LogP contribution < -0.4 is 10.2 Å². The maximum absolute atomic E-state index is 14.0. The van der Waals surface area contributed by atoms with Gasteiger partial charge in [0, 0.05) is 44.0 Å². The third kappa shape index (κ3) is 4.60. The summed E-state index contributed by atoms with van der Waals surface area (Å²) in [4.78, 5) is 40.5. The van der Waals surface area contributed by atoms with E-state index in [4.69, 9.17) is 0 Å². The Morgan fingerprint density at radius 1 is 1.07 bits per heavy atom. The van der Waals surface area contributed by atoms with Crippen LogP contribution in [0.4, 0.5) is 15.2 Å². The molecule has 3 aromatic rings. The van der Waals surface area contributed by atoms with Crippen LogP contribution in [-0.4, -0.2) is 57.8 Å². The number of piperazine rings is 1. The van der Waals surface area contributed by atoms with Gasteiger partial charge in [-0.15, -0.1) is 11.3 Å². The number of para-hydroxylation sites is 1. The molecule has 0 radical (unpaired) electrons. The molecule has 0 aliphatic carbocycles. The molecule has 4 rings (SSSR count). The van der Waals surface area contributed by atoms with E-state index >= 15 is 0 Å². The SMILES string of the molecule is O=C(Nc1nc(CC(=O)N2CCN(c3ccccc3F)CC2)cs1)c1ncccn1. The van der Waals surface area contributed by atoms with E-state index in [9.17, 15) is 14.0 Å². The summed E-state index contributed by atoms with van der Waals surface area (Å²) in [6, 6.07) is 8.28. The minimum Gasteiger partial charge on any atom is -0.366 e. The van der Waals surface area contributed by atoms with Crippen molar-refractivity contribution in [1.82, 2.24) is 19.9 Å². The predicted octanol–water partition coefficient (Wildman–Crippen LogP) is 2.22. The quantitative estimate of drug-likeness (QED) is 0.673. The van der Waals surface area contributed by atoms with Crippen molar-refractivity contribution in [2.75, 3.05) is 36.4 Å². The maximum atomic E-state index is 14.0. The number of halogens is 1. The van der Waals surface area contributed by atoms with E-state index in [0.29, 0.717) is 42.7 Å². The first-order chi connectivity index (χ1) is 14.6. The third-order valence-corrected chi connectivity index (χ3v) is 5.51. The Bertz CT molecular complexity index is 1040. The summed E-state index contributed by atoms with van der Waals surface area (Å²) in [5, 5.41) is 4.77. The van der Waals surface area contributed by atoms with Crippen LogP contribution in [0.25, 0.3) is 0 Å². The normalized spacial score (nSPS) is 13.9. The van der Waals surface area contributed by atoms with Crippen molar-refractivity contribution in [3.05, 3.63) is 65.4 Å². The third-order valence-electron chi connectivity index (χ3n) is 4.70. The molecule has 2 aromatic heterocycles. The lowest BCUT2D eigenvalue weighted by molar-refractivity contribution is -0.130. The van der Waals surface area contributed by atoms with Crippen LogP contribution in [-0.2, 0) is 11.2 Å². The zero-order chi connectivity index (χ0) is 20.9. The monoisotopic (exact) mass is 426 g/mol. The van der Waals surface area contributed by atoms with Crippen LogP contribution in [0.15, 0.2) is 48.1 Å². The number of anilines is 2. The van der Waals surface area contributed by atoms with Gasteiger partial charge >= 0.3 is 0 Å². The molecule has 0 atom stereocenters. The number of carbonyl (C=O) groups is 2. The first-order valence-electron chi connectivity index (χ1n) is 9.40. The van der Waals surface area contributed by atoms with E-state index in [-0.39, 0.29) is 24.0 Å². The lowest BCUT2D eigenvalue weighted by Crippen LogP contribution is -2.49.